The van der Waals surface area contributed by atoms with Crippen molar-refractivity contribution in [1.82, 2.24) is 9.88 Å². The average Bonchev–Trinajstić information content (AvgIpc) is 2.67. The SMILES string of the molecule is Cn1cc(CC2CCCNC2)c2ccc(Br)cc21. The van der Waals surface area contributed by atoms with E-state index in [0.29, 0.717) is 0 Å². The molecule has 96 valence electrons. The Morgan fingerprint density at radius 1 is 1.44 bits per heavy atom. The van der Waals surface area contributed by atoms with E-state index in [1.165, 1.54) is 48.8 Å². The van der Waals surface area contributed by atoms with Crippen molar-refractivity contribution in [2.45, 2.75) is 19.3 Å². The number of benzene rings is 1. The molecule has 3 heteroatoms. The van der Waals surface area contributed by atoms with Crippen LogP contribution in [-0.4, -0.2) is 17.7 Å². The molecule has 18 heavy (non-hydrogen) atoms. The average molecular weight is 307 g/mol. The molecule has 1 aliphatic heterocycles. The molecule has 1 atom stereocenters. The topological polar surface area (TPSA) is 17.0 Å². The highest BCUT2D eigenvalue weighted by molar-refractivity contribution is 9.10. The van der Waals surface area contributed by atoms with Gasteiger partial charge in [0.2, 0.25) is 0 Å². The lowest BCUT2D eigenvalue weighted by Gasteiger charge is -2.22. The summed E-state index contributed by atoms with van der Waals surface area (Å²) in [6.07, 6.45) is 6.18. The highest BCUT2D eigenvalue weighted by atomic mass is 79.9. The number of rotatable bonds is 2. The molecule has 0 aliphatic carbocycles. The van der Waals surface area contributed by atoms with Gasteiger partial charge in [-0.2, -0.15) is 0 Å². The quantitative estimate of drug-likeness (QED) is 0.899. The second-order valence-corrected chi connectivity index (χ2v) is 6.26. The summed E-state index contributed by atoms with van der Waals surface area (Å²) in [5, 5.41) is 4.91. The maximum atomic E-state index is 3.55. The summed E-state index contributed by atoms with van der Waals surface area (Å²) >= 11 is 3.55. The van der Waals surface area contributed by atoms with E-state index < -0.39 is 0 Å². The monoisotopic (exact) mass is 306 g/mol. The smallest absolute Gasteiger partial charge is 0.0491 e. The summed E-state index contributed by atoms with van der Waals surface area (Å²) in [5.41, 5.74) is 2.82. The molecule has 2 heterocycles. The number of piperidine rings is 1. The Hall–Kier alpha value is -0.800. The molecule has 1 aliphatic rings. The Kier molecular flexibility index (Phi) is 3.44. The Morgan fingerprint density at radius 3 is 3.11 bits per heavy atom. The molecule has 0 spiro atoms. The van der Waals surface area contributed by atoms with Crippen LogP contribution in [0, 0.1) is 5.92 Å². The highest BCUT2D eigenvalue weighted by Crippen LogP contribution is 2.27. The van der Waals surface area contributed by atoms with Crippen LogP contribution in [0.2, 0.25) is 0 Å². The van der Waals surface area contributed by atoms with Gasteiger partial charge in [0, 0.05) is 28.6 Å². The Labute approximate surface area is 116 Å². The lowest BCUT2D eigenvalue weighted by Crippen LogP contribution is -2.30. The van der Waals surface area contributed by atoms with Crippen LogP contribution in [-0.2, 0) is 13.5 Å². The van der Waals surface area contributed by atoms with E-state index in [-0.39, 0.29) is 0 Å². The summed E-state index contributed by atoms with van der Waals surface area (Å²) < 4.78 is 3.40. The first-order valence-electron chi connectivity index (χ1n) is 6.68. The van der Waals surface area contributed by atoms with E-state index in [9.17, 15) is 0 Å². The van der Waals surface area contributed by atoms with Crippen molar-refractivity contribution in [1.29, 1.82) is 0 Å². The van der Waals surface area contributed by atoms with Crippen molar-refractivity contribution in [3.8, 4) is 0 Å². The second-order valence-electron chi connectivity index (χ2n) is 5.34. The van der Waals surface area contributed by atoms with Gasteiger partial charge < -0.3 is 9.88 Å². The molecule has 1 N–H and O–H groups in total. The predicted molar refractivity (Wildman–Crippen MR) is 79.9 cm³/mol. The third-order valence-corrected chi connectivity index (χ3v) is 4.44. The number of halogens is 1. The number of aryl methyl sites for hydroxylation is 1. The first-order valence-corrected chi connectivity index (χ1v) is 7.47. The summed E-state index contributed by atoms with van der Waals surface area (Å²) in [6.45, 7) is 2.37. The fourth-order valence-corrected chi connectivity index (χ4v) is 3.36. The molecule has 1 aromatic carbocycles. The van der Waals surface area contributed by atoms with Crippen LogP contribution in [0.4, 0.5) is 0 Å². The van der Waals surface area contributed by atoms with Crippen LogP contribution in [0.3, 0.4) is 0 Å². The van der Waals surface area contributed by atoms with Gasteiger partial charge in [0.1, 0.15) is 0 Å². The third kappa shape index (κ3) is 2.34. The van der Waals surface area contributed by atoms with Crippen molar-refractivity contribution in [2.75, 3.05) is 13.1 Å². The van der Waals surface area contributed by atoms with Crippen LogP contribution in [0.5, 0.6) is 0 Å². The number of hydrogen-bond acceptors (Lipinski definition) is 1. The number of hydrogen-bond donors (Lipinski definition) is 1. The number of aromatic nitrogens is 1. The first kappa shape index (κ1) is 12.2. The van der Waals surface area contributed by atoms with Gasteiger partial charge in [-0.3, -0.25) is 0 Å². The first-order chi connectivity index (χ1) is 8.74. The highest BCUT2D eigenvalue weighted by Gasteiger charge is 2.16. The van der Waals surface area contributed by atoms with E-state index in [2.05, 4.69) is 57.3 Å². The zero-order valence-corrected chi connectivity index (χ0v) is 12.3. The number of fused-ring (bicyclic) bond motifs is 1. The molecule has 2 nitrogen and oxygen atoms in total. The molecule has 0 amide bonds. The molecule has 3 rings (SSSR count). The van der Waals surface area contributed by atoms with Crippen molar-refractivity contribution in [3.63, 3.8) is 0 Å². The Morgan fingerprint density at radius 2 is 2.33 bits per heavy atom. The summed E-state index contributed by atoms with van der Waals surface area (Å²) in [4.78, 5) is 0. The van der Waals surface area contributed by atoms with Gasteiger partial charge in [-0.15, -0.1) is 0 Å². The van der Waals surface area contributed by atoms with Gasteiger partial charge in [0.05, 0.1) is 0 Å². The lowest BCUT2D eigenvalue weighted by atomic mass is 9.92. The normalized spacial score (nSPS) is 20.4. The van der Waals surface area contributed by atoms with Gasteiger partial charge in [0.25, 0.3) is 0 Å². The van der Waals surface area contributed by atoms with E-state index in [4.69, 9.17) is 0 Å². The molecule has 1 unspecified atom stereocenters. The molecule has 2 aromatic rings. The van der Waals surface area contributed by atoms with E-state index >= 15 is 0 Å². The zero-order valence-electron chi connectivity index (χ0n) is 10.7. The third-order valence-electron chi connectivity index (χ3n) is 3.94. The number of nitrogens with one attached hydrogen (secondary N) is 1. The molecule has 1 aromatic heterocycles. The Balaban J connectivity index is 1.91. The molecule has 1 fully saturated rings. The van der Waals surface area contributed by atoms with Gasteiger partial charge >= 0.3 is 0 Å². The molecule has 1 saturated heterocycles. The van der Waals surface area contributed by atoms with Crippen LogP contribution in [0.25, 0.3) is 10.9 Å². The van der Waals surface area contributed by atoms with Crippen molar-refractivity contribution in [2.24, 2.45) is 13.0 Å². The second kappa shape index (κ2) is 5.06. The van der Waals surface area contributed by atoms with Crippen molar-refractivity contribution < 1.29 is 0 Å². The van der Waals surface area contributed by atoms with Crippen LogP contribution < -0.4 is 5.32 Å². The van der Waals surface area contributed by atoms with Crippen LogP contribution >= 0.6 is 15.9 Å². The maximum absolute atomic E-state index is 3.55. The van der Waals surface area contributed by atoms with Gasteiger partial charge in [0.15, 0.2) is 0 Å². The standard InChI is InChI=1S/C15H19BrN2/c1-18-10-12(7-11-3-2-6-17-9-11)14-5-4-13(16)8-15(14)18/h4-5,8,10-11,17H,2-3,6-7,9H2,1H3. The van der Waals surface area contributed by atoms with Gasteiger partial charge in [-0.25, -0.2) is 0 Å². The summed E-state index contributed by atoms with van der Waals surface area (Å²) in [6, 6.07) is 6.59. The summed E-state index contributed by atoms with van der Waals surface area (Å²) in [7, 11) is 2.14. The number of nitrogens with zero attached hydrogens (tertiary/aromatic N) is 1. The fraction of sp³-hybridized carbons (Fsp3) is 0.467. The largest absolute Gasteiger partial charge is 0.350 e. The van der Waals surface area contributed by atoms with Crippen molar-refractivity contribution in [3.05, 3.63) is 34.4 Å². The minimum absolute atomic E-state index is 0.799. The molecule has 0 radical (unpaired) electrons. The van der Waals surface area contributed by atoms with E-state index in [0.717, 1.165) is 10.4 Å². The van der Waals surface area contributed by atoms with E-state index in [1.807, 2.05) is 0 Å². The lowest BCUT2D eigenvalue weighted by molar-refractivity contribution is 0.376. The molecular weight excluding hydrogens is 288 g/mol. The van der Waals surface area contributed by atoms with Crippen LogP contribution in [0.15, 0.2) is 28.9 Å². The zero-order chi connectivity index (χ0) is 12.5. The molecule has 0 saturated carbocycles. The predicted octanol–water partition coefficient (Wildman–Crippen LogP) is 3.48. The van der Waals surface area contributed by atoms with Gasteiger partial charge in [-0.05, 0) is 56.0 Å². The maximum Gasteiger partial charge on any atom is 0.0491 e. The van der Waals surface area contributed by atoms with Crippen LogP contribution in [0.1, 0.15) is 18.4 Å². The van der Waals surface area contributed by atoms with E-state index in [1.54, 1.807) is 0 Å². The minimum Gasteiger partial charge on any atom is -0.350 e. The van der Waals surface area contributed by atoms with Gasteiger partial charge in [-0.1, -0.05) is 22.0 Å². The fourth-order valence-electron chi connectivity index (χ4n) is 3.01. The Bertz CT molecular complexity index is 553. The summed E-state index contributed by atoms with van der Waals surface area (Å²) in [5.74, 6) is 0.799. The minimum atomic E-state index is 0.799. The molecule has 0 bridgehead atoms. The molecular formula is C15H19BrN2. The van der Waals surface area contributed by atoms with Crippen molar-refractivity contribution >= 4 is 26.8 Å².